The molecule has 1 fully saturated rings. The second kappa shape index (κ2) is 6.86. The summed E-state index contributed by atoms with van der Waals surface area (Å²) in [4.78, 5) is 39.7. The van der Waals surface area contributed by atoms with Gasteiger partial charge >= 0.3 is 11.1 Å². The first-order chi connectivity index (χ1) is 11.5. The fourth-order valence-corrected chi connectivity index (χ4v) is 3.14. The van der Waals surface area contributed by atoms with Crippen LogP contribution < -0.4 is 11.1 Å². The molecule has 1 unspecified atom stereocenters. The van der Waals surface area contributed by atoms with E-state index in [2.05, 4.69) is 10.1 Å². The molecular weight excluding hydrogens is 310 g/mol. The van der Waals surface area contributed by atoms with E-state index in [0.29, 0.717) is 6.54 Å². The summed E-state index contributed by atoms with van der Waals surface area (Å²) in [7, 11) is 0. The molecule has 3 rings (SSSR count). The van der Waals surface area contributed by atoms with E-state index in [-0.39, 0.29) is 24.9 Å². The molecule has 1 saturated heterocycles. The molecule has 0 aliphatic carbocycles. The quantitative estimate of drug-likeness (QED) is 0.788. The maximum atomic E-state index is 12.5. The zero-order valence-corrected chi connectivity index (χ0v) is 13.6. The van der Waals surface area contributed by atoms with Crippen molar-refractivity contribution in [3.8, 4) is 0 Å². The minimum absolute atomic E-state index is 0.00793. The molecular formula is C16H21N5O3. The number of carbonyl (C=O) groups is 1. The van der Waals surface area contributed by atoms with Crippen LogP contribution in [0.3, 0.4) is 0 Å². The van der Waals surface area contributed by atoms with E-state index in [1.165, 1.54) is 17.0 Å². The Hall–Kier alpha value is -2.64. The Kier molecular flexibility index (Phi) is 4.64. The lowest BCUT2D eigenvalue weighted by Crippen LogP contribution is -2.40. The van der Waals surface area contributed by atoms with E-state index in [4.69, 9.17) is 0 Å². The van der Waals surface area contributed by atoms with E-state index < -0.39 is 11.1 Å². The number of likely N-dealkylation sites (tertiary alicyclic amines) is 1. The van der Waals surface area contributed by atoms with Crippen LogP contribution in [0.1, 0.15) is 24.8 Å². The van der Waals surface area contributed by atoms with Crippen molar-refractivity contribution < 1.29 is 4.79 Å². The third-order valence-corrected chi connectivity index (χ3v) is 4.35. The van der Waals surface area contributed by atoms with Gasteiger partial charge in [0.2, 0.25) is 5.91 Å². The van der Waals surface area contributed by atoms with Crippen molar-refractivity contribution in [2.24, 2.45) is 0 Å². The first-order valence-electron chi connectivity index (χ1n) is 8.11. The van der Waals surface area contributed by atoms with Crippen molar-refractivity contribution in [1.82, 2.24) is 24.2 Å². The van der Waals surface area contributed by atoms with Crippen molar-refractivity contribution in [1.29, 1.82) is 0 Å². The van der Waals surface area contributed by atoms with Gasteiger partial charge in [0.1, 0.15) is 0 Å². The highest BCUT2D eigenvalue weighted by Crippen LogP contribution is 2.20. The van der Waals surface area contributed by atoms with Gasteiger partial charge in [0, 0.05) is 38.1 Å². The number of nitrogens with zero attached hydrogens (tertiary/aromatic N) is 4. The molecule has 0 saturated carbocycles. The summed E-state index contributed by atoms with van der Waals surface area (Å²) in [6, 6.07) is 0.132. The van der Waals surface area contributed by atoms with Crippen LogP contribution in [0.4, 0.5) is 0 Å². The van der Waals surface area contributed by atoms with Crippen LogP contribution >= 0.6 is 0 Å². The number of aromatic amines is 1. The highest BCUT2D eigenvalue weighted by atomic mass is 16.2. The van der Waals surface area contributed by atoms with Gasteiger partial charge in [-0.3, -0.25) is 19.1 Å². The molecule has 0 spiro atoms. The highest BCUT2D eigenvalue weighted by molar-refractivity contribution is 5.76. The number of amides is 1. The average Bonchev–Trinajstić information content (AvgIpc) is 3.18. The van der Waals surface area contributed by atoms with Crippen LogP contribution in [-0.2, 0) is 17.9 Å². The number of aryl methyl sites for hydroxylation is 2. The van der Waals surface area contributed by atoms with Crippen LogP contribution in [-0.4, -0.2) is 42.7 Å². The summed E-state index contributed by atoms with van der Waals surface area (Å²) in [5, 5.41) is 4.28. The highest BCUT2D eigenvalue weighted by Gasteiger charge is 2.28. The van der Waals surface area contributed by atoms with Crippen LogP contribution in [0.5, 0.6) is 0 Å². The molecule has 1 aliphatic rings. The molecule has 8 heteroatoms. The van der Waals surface area contributed by atoms with Gasteiger partial charge in [-0.05, 0) is 25.3 Å². The molecule has 2 aromatic heterocycles. The van der Waals surface area contributed by atoms with Gasteiger partial charge in [-0.2, -0.15) is 5.10 Å². The average molecular weight is 331 g/mol. The Morgan fingerprint density at radius 1 is 1.42 bits per heavy atom. The van der Waals surface area contributed by atoms with Crippen LogP contribution in [0.25, 0.3) is 0 Å². The van der Waals surface area contributed by atoms with Crippen LogP contribution in [0.2, 0.25) is 0 Å². The Labute approximate surface area is 138 Å². The lowest BCUT2D eigenvalue weighted by Gasteiger charge is -2.25. The summed E-state index contributed by atoms with van der Waals surface area (Å²) in [6.45, 7) is 3.62. The number of nitrogens with one attached hydrogen (secondary N) is 1. The molecule has 1 aliphatic heterocycles. The molecule has 3 heterocycles. The number of rotatable bonds is 5. The fourth-order valence-electron chi connectivity index (χ4n) is 3.14. The Morgan fingerprint density at radius 3 is 3.00 bits per heavy atom. The van der Waals surface area contributed by atoms with E-state index in [1.54, 1.807) is 6.20 Å². The van der Waals surface area contributed by atoms with E-state index in [1.807, 2.05) is 22.7 Å². The van der Waals surface area contributed by atoms with Crippen LogP contribution in [0, 0.1) is 6.92 Å². The van der Waals surface area contributed by atoms with Gasteiger partial charge in [-0.25, -0.2) is 0 Å². The largest absolute Gasteiger partial charge is 0.338 e. The molecule has 1 N–H and O–H groups in total. The zero-order chi connectivity index (χ0) is 17.1. The molecule has 128 valence electrons. The lowest BCUT2D eigenvalue weighted by molar-refractivity contribution is -0.132. The molecule has 0 bridgehead atoms. The van der Waals surface area contributed by atoms with Gasteiger partial charge in [0.25, 0.3) is 0 Å². The first kappa shape index (κ1) is 16.2. The van der Waals surface area contributed by atoms with E-state index in [9.17, 15) is 14.4 Å². The second-order valence-electron chi connectivity index (χ2n) is 6.16. The number of aromatic nitrogens is 4. The van der Waals surface area contributed by atoms with Crippen molar-refractivity contribution in [3.05, 3.63) is 51.1 Å². The predicted octanol–water partition coefficient (Wildman–Crippen LogP) is 0.123. The topological polar surface area (TPSA) is 93.0 Å². The summed E-state index contributed by atoms with van der Waals surface area (Å²) < 4.78 is 3.14. The van der Waals surface area contributed by atoms with Crippen molar-refractivity contribution in [2.45, 2.75) is 45.3 Å². The van der Waals surface area contributed by atoms with E-state index >= 15 is 0 Å². The summed E-state index contributed by atoms with van der Waals surface area (Å²) in [5.74, 6) is 0.00793. The van der Waals surface area contributed by atoms with Crippen molar-refractivity contribution in [2.75, 3.05) is 6.54 Å². The smallest absolute Gasteiger partial charge is 0.316 e. The fraction of sp³-hybridized carbons (Fsp3) is 0.500. The molecule has 1 amide bonds. The van der Waals surface area contributed by atoms with Crippen molar-refractivity contribution >= 4 is 5.91 Å². The minimum atomic E-state index is -0.668. The standard InChI is InChI=1S/C16H21N5O3/c1-12-9-18-20(10-12)11-13-3-2-6-21(13)14(22)4-7-19-8-5-17-15(23)16(19)24/h5,8-10,13H,2-4,6-7,11H2,1H3,(H,17,23). The number of hydrogen-bond acceptors (Lipinski definition) is 4. The maximum Gasteiger partial charge on any atom is 0.316 e. The number of hydrogen-bond donors (Lipinski definition) is 1. The third kappa shape index (κ3) is 3.47. The minimum Gasteiger partial charge on any atom is -0.338 e. The Morgan fingerprint density at radius 2 is 2.25 bits per heavy atom. The third-order valence-electron chi connectivity index (χ3n) is 4.35. The molecule has 8 nitrogen and oxygen atoms in total. The second-order valence-corrected chi connectivity index (χ2v) is 6.16. The summed E-state index contributed by atoms with van der Waals surface area (Å²) in [6.07, 6.45) is 8.81. The van der Waals surface area contributed by atoms with Gasteiger partial charge in [-0.15, -0.1) is 0 Å². The normalized spacial score (nSPS) is 17.4. The molecule has 24 heavy (non-hydrogen) atoms. The number of H-pyrrole nitrogens is 1. The molecule has 0 radical (unpaired) electrons. The maximum absolute atomic E-state index is 12.5. The summed E-state index contributed by atoms with van der Waals surface area (Å²) >= 11 is 0. The Bertz CT molecular complexity index is 834. The number of carbonyl (C=O) groups excluding carboxylic acids is 1. The molecule has 2 aromatic rings. The first-order valence-corrected chi connectivity index (χ1v) is 8.11. The SMILES string of the molecule is Cc1cnn(CC2CCCN2C(=O)CCn2cc[nH]c(=O)c2=O)c1. The molecule has 1 atom stereocenters. The van der Waals surface area contributed by atoms with Gasteiger partial charge in [0.05, 0.1) is 18.8 Å². The Balaban J connectivity index is 1.62. The van der Waals surface area contributed by atoms with Gasteiger partial charge < -0.3 is 14.5 Å². The van der Waals surface area contributed by atoms with Gasteiger partial charge in [0.15, 0.2) is 0 Å². The molecule has 0 aromatic carbocycles. The predicted molar refractivity (Wildman–Crippen MR) is 87.6 cm³/mol. The van der Waals surface area contributed by atoms with E-state index in [0.717, 1.165) is 24.9 Å². The van der Waals surface area contributed by atoms with Crippen molar-refractivity contribution in [3.63, 3.8) is 0 Å². The zero-order valence-electron chi connectivity index (χ0n) is 13.6. The van der Waals surface area contributed by atoms with Crippen LogP contribution in [0.15, 0.2) is 34.4 Å². The van der Waals surface area contributed by atoms with Gasteiger partial charge in [-0.1, -0.05) is 0 Å². The lowest BCUT2D eigenvalue weighted by atomic mass is 10.2. The summed E-state index contributed by atoms with van der Waals surface area (Å²) in [5.41, 5.74) is -0.201. The monoisotopic (exact) mass is 331 g/mol.